The molecule has 0 atom stereocenters. The zero-order valence-corrected chi connectivity index (χ0v) is 18.3. The summed E-state index contributed by atoms with van der Waals surface area (Å²) in [6.07, 6.45) is 1.43. The number of carbonyl (C=O) groups excluding carboxylic acids is 2. The van der Waals surface area contributed by atoms with E-state index in [-0.39, 0.29) is 11.3 Å². The van der Waals surface area contributed by atoms with Gasteiger partial charge in [-0.15, -0.1) is 0 Å². The third kappa shape index (κ3) is 3.34. The highest BCUT2D eigenvalue weighted by molar-refractivity contribution is 6.14. The average molecular weight is 423 g/mol. The number of rotatable bonds is 4. The molecule has 0 aliphatic carbocycles. The molecule has 0 aliphatic rings. The Balaban J connectivity index is 2.04. The van der Waals surface area contributed by atoms with E-state index in [1.807, 2.05) is 54.0 Å². The molecule has 4 rings (SSSR count). The maximum atomic E-state index is 13.9. The number of para-hydroxylation sites is 1. The smallest absolute Gasteiger partial charge is 0.339 e. The molecular formula is C26H21N3O3. The SMILES string of the molecule is COC(=O)c1cnc(C)c(C(=O)c2cc3c(C)cc(C#N)cc3n2-c2ccccc2)c1C. The molecule has 0 amide bonds. The minimum Gasteiger partial charge on any atom is -0.465 e. The molecule has 0 bridgehead atoms. The molecule has 0 N–H and O–H groups in total. The molecule has 158 valence electrons. The fourth-order valence-electron chi connectivity index (χ4n) is 4.08. The third-order valence-corrected chi connectivity index (χ3v) is 5.66. The number of aromatic nitrogens is 2. The summed E-state index contributed by atoms with van der Waals surface area (Å²) in [5, 5.41) is 10.4. The molecule has 2 heterocycles. The van der Waals surface area contributed by atoms with Gasteiger partial charge in [-0.3, -0.25) is 9.78 Å². The molecule has 0 fully saturated rings. The number of esters is 1. The second kappa shape index (κ2) is 8.12. The molecule has 6 heteroatoms. The van der Waals surface area contributed by atoms with E-state index in [9.17, 15) is 14.9 Å². The Labute approximate surface area is 185 Å². The summed E-state index contributed by atoms with van der Waals surface area (Å²) in [4.78, 5) is 30.4. The molecule has 0 saturated carbocycles. The van der Waals surface area contributed by atoms with Crippen LogP contribution in [0.3, 0.4) is 0 Å². The summed E-state index contributed by atoms with van der Waals surface area (Å²) in [5.41, 5.74) is 5.09. The van der Waals surface area contributed by atoms with Crippen LogP contribution < -0.4 is 0 Å². The fraction of sp³-hybridized carbons (Fsp3) is 0.154. The van der Waals surface area contributed by atoms with Crippen molar-refractivity contribution in [1.29, 1.82) is 5.26 Å². The third-order valence-electron chi connectivity index (χ3n) is 5.66. The number of nitrogens with zero attached hydrogens (tertiary/aromatic N) is 3. The molecule has 32 heavy (non-hydrogen) atoms. The van der Waals surface area contributed by atoms with Gasteiger partial charge in [-0.2, -0.15) is 5.26 Å². The van der Waals surface area contributed by atoms with E-state index in [0.29, 0.717) is 28.1 Å². The van der Waals surface area contributed by atoms with E-state index in [1.54, 1.807) is 19.9 Å². The topological polar surface area (TPSA) is 85.0 Å². The van der Waals surface area contributed by atoms with Crippen molar-refractivity contribution in [2.24, 2.45) is 0 Å². The first kappa shape index (κ1) is 21.0. The number of benzene rings is 2. The van der Waals surface area contributed by atoms with Gasteiger partial charge in [-0.25, -0.2) is 4.79 Å². The molecule has 6 nitrogen and oxygen atoms in total. The molecule has 0 saturated heterocycles. The zero-order chi connectivity index (χ0) is 23.0. The van der Waals surface area contributed by atoms with Gasteiger partial charge in [0.15, 0.2) is 0 Å². The van der Waals surface area contributed by atoms with Gasteiger partial charge in [-0.05, 0) is 62.2 Å². The number of ketones is 1. The number of aryl methyl sites for hydroxylation is 2. The number of methoxy groups -OCH3 is 1. The molecular weight excluding hydrogens is 402 g/mol. The highest BCUT2D eigenvalue weighted by Crippen LogP contribution is 2.31. The molecule has 4 aromatic rings. The van der Waals surface area contributed by atoms with Crippen molar-refractivity contribution in [3.8, 4) is 11.8 Å². The normalized spacial score (nSPS) is 10.7. The van der Waals surface area contributed by atoms with Gasteiger partial charge in [0.2, 0.25) is 5.78 Å². The lowest BCUT2D eigenvalue weighted by atomic mass is 9.97. The van der Waals surface area contributed by atoms with Crippen LogP contribution in [-0.4, -0.2) is 28.4 Å². The van der Waals surface area contributed by atoms with Crippen LogP contribution in [0.15, 0.2) is 54.7 Å². The van der Waals surface area contributed by atoms with E-state index in [1.165, 1.54) is 13.3 Å². The number of pyridine rings is 1. The van der Waals surface area contributed by atoms with E-state index < -0.39 is 5.97 Å². The zero-order valence-electron chi connectivity index (χ0n) is 18.3. The number of fused-ring (bicyclic) bond motifs is 1. The highest BCUT2D eigenvalue weighted by Gasteiger charge is 2.25. The number of hydrogen-bond acceptors (Lipinski definition) is 5. The minimum atomic E-state index is -0.540. The Bertz CT molecular complexity index is 1430. The highest BCUT2D eigenvalue weighted by atomic mass is 16.5. The Morgan fingerprint density at radius 2 is 1.78 bits per heavy atom. The van der Waals surface area contributed by atoms with Crippen LogP contribution in [-0.2, 0) is 4.74 Å². The summed E-state index contributed by atoms with van der Waals surface area (Å²) in [6, 6.07) is 17.1. The van der Waals surface area contributed by atoms with Gasteiger partial charge in [-0.1, -0.05) is 18.2 Å². The average Bonchev–Trinajstić information content (AvgIpc) is 3.19. The van der Waals surface area contributed by atoms with Gasteiger partial charge < -0.3 is 9.30 Å². The van der Waals surface area contributed by atoms with Crippen LogP contribution in [0.25, 0.3) is 16.6 Å². The lowest BCUT2D eigenvalue weighted by Gasteiger charge is -2.14. The molecule has 0 radical (unpaired) electrons. The lowest BCUT2D eigenvalue weighted by Crippen LogP contribution is -2.16. The maximum absolute atomic E-state index is 13.9. The largest absolute Gasteiger partial charge is 0.465 e. The summed E-state index contributed by atoms with van der Waals surface area (Å²) in [5.74, 6) is -0.793. The van der Waals surface area contributed by atoms with E-state index in [2.05, 4.69) is 11.1 Å². The quantitative estimate of drug-likeness (QED) is 0.346. The van der Waals surface area contributed by atoms with Gasteiger partial charge in [0.1, 0.15) is 0 Å². The predicted octanol–water partition coefficient (Wildman–Crippen LogP) is 4.84. The molecule has 0 unspecified atom stereocenters. The van der Waals surface area contributed by atoms with Gasteiger partial charge in [0.25, 0.3) is 0 Å². The van der Waals surface area contributed by atoms with Gasteiger partial charge in [0, 0.05) is 28.5 Å². The van der Waals surface area contributed by atoms with Crippen molar-refractivity contribution in [1.82, 2.24) is 9.55 Å². The van der Waals surface area contributed by atoms with Crippen molar-refractivity contribution < 1.29 is 14.3 Å². The monoisotopic (exact) mass is 423 g/mol. The van der Waals surface area contributed by atoms with Crippen molar-refractivity contribution in [2.45, 2.75) is 20.8 Å². The Morgan fingerprint density at radius 1 is 1.06 bits per heavy atom. The number of nitriles is 1. The second-order valence-corrected chi connectivity index (χ2v) is 7.62. The minimum absolute atomic E-state index is 0.254. The van der Waals surface area contributed by atoms with E-state index in [0.717, 1.165) is 22.2 Å². The maximum Gasteiger partial charge on any atom is 0.339 e. The Kier molecular flexibility index (Phi) is 5.33. The van der Waals surface area contributed by atoms with Crippen LogP contribution in [0.5, 0.6) is 0 Å². The van der Waals surface area contributed by atoms with Crippen LogP contribution in [0.4, 0.5) is 0 Å². The predicted molar refractivity (Wildman–Crippen MR) is 121 cm³/mol. The van der Waals surface area contributed by atoms with Gasteiger partial charge in [0.05, 0.1) is 35.5 Å². The van der Waals surface area contributed by atoms with Crippen LogP contribution in [0, 0.1) is 32.1 Å². The molecule has 2 aromatic heterocycles. The Morgan fingerprint density at radius 3 is 2.44 bits per heavy atom. The fourth-order valence-corrected chi connectivity index (χ4v) is 4.08. The number of ether oxygens (including phenoxy) is 1. The first-order valence-corrected chi connectivity index (χ1v) is 10.1. The van der Waals surface area contributed by atoms with E-state index >= 15 is 0 Å². The first-order chi connectivity index (χ1) is 15.4. The van der Waals surface area contributed by atoms with Crippen molar-refractivity contribution >= 4 is 22.7 Å². The molecule has 2 aromatic carbocycles. The summed E-state index contributed by atoms with van der Waals surface area (Å²) in [7, 11) is 1.30. The number of carbonyl (C=O) groups is 2. The summed E-state index contributed by atoms with van der Waals surface area (Å²) < 4.78 is 6.71. The summed E-state index contributed by atoms with van der Waals surface area (Å²) >= 11 is 0. The van der Waals surface area contributed by atoms with Gasteiger partial charge >= 0.3 is 5.97 Å². The first-order valence-electron chi connectivity index (χ1n) is 10.1. The second-order valence-electron chi connectivity index (χ2n) is 7.62. The molecule has 0 spiro atoms. The lowest BCUT2D eigenvalue weighted by molar-refractivity contribution is 0.0599. The van der Waals surface area contributed by atoms with E-state index in [4.69, 9.17) is 4.74 Å². The van der Waals surface area contributed by atoms with Crippen molar-refractivity contribution in [3.63, 3.8) is 0 Å². The molecule has 0 aliphatic heterocycles. The van der Waals surface area contributed by atoms with Crippen molar-refractivity contribution in [3.05, 3.63) is 93.9 Å². The van der Waals surface area contributed by atoms with Crippen LogP contribution in [0.2, 0.25) is 0 Å². The van der Waals surface area contributed by atoms with Crippen LogP contribution in [0.1, 0.15) is 48.8 Å². The Hall–Kier alpha value is -4.24. The van der Waals surface area contributed by atoms with Crippen LogP contribution >= 0.6 is 0 Å². The van der Waals surface area contributed by atoms with Crippen molar-refractivity contribution in [2.75, 3.05) is 7.11 Å². The number of hydrogen-bond donors (Lipinski definition) is 0. The summed E-state index contributed by atoms with van der Waals surface area (Å²) in [6.45, 7) is 5.39. The standard InChI is InChI=1S/C26H21N3O3/c1-15-10-18(13-27)11-22-20(15)12-23(29(22)19-8-6-5-7-9-19)25(30)24-16(2)21(26(31)32-4)14-28-17(24)3/h5-12,14H,1-4H3.